The summed E-state index contributed by atoms with van der Waals surface area (Å²) in [4.78, 5) is 18.9. The average Bonchev–Trinajstić information content (AvgIpc) is 2.62. The van der Waals surface area contributed by atoms with Crippen LogP contribution in [0.1, 0.15) is 6.42 Å². The Bertz CT molecular complexity index is 305. The standard InChI is InChI=1S/C15H27N3O4/c19-8-1-15(16-2-9-20-10-3-16,17-4-11-21-12-5-17)18-6-13-22-14-7-18/h8H,1-7,9-14H2. The lowest BCUT2D eigenvalue weighted by atomic mass is 10.1. The molecule has 126 valence electrons. The zero-order chi connectivity index (χ0) is 15.3. The molecule has 3 aliphatic heterocycles. The second-order valence-electron chi connectivity index (χ2n) is 5.94. The normalized spacial score (nSPS) is 26.9. The molecule has 0 aromatic rings. The van der Waals surface area contributed by atoms with Gasteiger partial charge >= 0.3 is 0 Å². The SMILES string of the molecule is O=CCC(N1CCOCC1)(N1CCOCC1)N1CCOCC1. The lowest BCUT2D eigenvalue weighted by molar-refractivity contribution is -0.220. The van der Waals surface area contributed by atoms with Gasteiger partial charge in [0.1, 0.15) is 12.1 Å². The van der Waals surface area contributed by atoms with Gasteiger partial charge in [-0.25, -0.2) is 0 Å². The quantitative estimate of drug-likeness (QED) is 0.618. The van der Waals surface area contributed by atoms with Crippen molar-refractivity contribution in [2.24, 2.45) is 0 Å². The van der Waals surface area contributed by atoms with Crippen LogP contribution < -0.4 is 0 Å². The van der Waals surface area contributed by atoms with Gasteiger partial charge in [-0.05, 0) is 0 Å². The van der Waals surface area contributed by atoms with Gasteiger partial charge in [0.05, 0.1) is 39.6 Å². The molecule has 3 rings (SSSR count). The van der Waals surface area contributed by atoms with Crippen LogP contribution in [-0.2, 0) is 19.0 Å². The number of hydrogen-bond donors (Lipinski definition) is 0. The molecule has 22 heavy (non-hydrogen) atoms. The Balaban J connectivity index is 1.89. The minimum atomic E-state index is -0.348. The van der Waals surface area contributed by atoms with Crippen molar-refractivity contribution in [3.8, 4) is 0 Å². The molecule has 0 spiro atoms. The lowest BCUT2D eigenvalue weighted by Crippen LogP contribution is -2.74. The smallest absolute Gasteiger partial charge is 0.138 e. The topological polar surface area (TPSA) is 54.5 Å². The Kier molecular flexibility index (Phi) is 5.78. The highest BCUT2D eigenvalue weighted by Crippen LogP contribution is 2.31. The number of nitrogens with zero attached hydrogens (tertiary/aromatic N) is 3. The van der Waals surface area contributed by atoms with E-state index in [1.165, 1.54) is 0 Å². The van der Waals surface area contributed by atoms with Crippen LogP contribution >= 0.6 is 0 Å². The molecule has 0 atom stereocenters. The van der Waals surface area contributed by atoms with E-state index in [1.807, 2.05) is 0 Å². The highest BCUT2D eigenvalue weighted by molar-refractivity contribution is 5.51. The number of carbonyl (C=O) groups excluding carboxylic acids is 1. The molecule has 3 saturated heterocycles. The number of morpholine rings is 3. The van der Waals surface area contributed by atoms with Crippen molar-refractivity contribution in [2.45, 2.75) is 12.2 Å². The molecule has 0 saturated carbocycles. The van der Waals surface area contributed by atoms with Gasteiger partial charge in [-0.1, -0.05) is 0 Å². The summed E-state index contributed by atoms with van der Waals surface area (Å²) in [7, 11) is 0. The molecule has 7 heteroatoms. The molecule has 0 N–H and O–H groups in total. The number of ether oxygens (including phenoxy) is 3. The first-order chi connectivity index (χ1) is 10.9. The molecular formula is C15H27N3O4. The number of rotatable bonds is 5. The van der Waals surface area contributed by atoms with E-state index < -0.39 is 0 Å². The van der Waals surface area contributed by atoms with Gasteiger partial charge in [0.15, 0.2) is 0 Å². The molecule has 0 aromatic carbocycles. The number of hydrogen-bond acceptors (Lipinski definition) is 7. The summed E-state index contributed by atoms with van der Waals surface area (Å²) in [6.45, 7) is 9.57. The van der Waals surface area contributed by atoms with E-state index in [-0.39, 0.29) is 5.79 Å². The van der Waals surface area contributed by atoms with E-state index in [0.29, 0.717) is 6.42 Å². The van der Waals surface area contributed by atoms with Gasteiger partial charge in [-0.2, -0.15) is 0 Å². The summed E-state index contributed by atoms with van der Waals surface area (Å²) in [5, 5.41) is 0. The van der Waals surface area contributed by atoms with E-state index in [1.54, 1.807) is 0 Å². The van der Waals surface area contributed by atoms with Crippen LogP contribution in [0, 0.1) is 0 Å². The Morgan fingerprint density at radius 1 is 0.682 bits per heavy atom. The Hall–Kier alpha value is -0.570. The predicted octanol–water partition coefficient (Wildman–Crippen LogP) is -0.774. The van der Waals surface area contributed by atoms with Crippen molar-refractivity contribution < 1.29 is 19.0 Å². The molecule has 3 aliphatic rings. The molecule has 0 radical (unpaired) electrons. The van der Waals surface area contributed by atoms with Crippen molar-refractivity contribution in [3.05, 3.63) is 0 Å². The van der Waals surface area contributed by atoms with Crippen LogP contribution in [0.5, 0.6) is 0 Å². The first kappa shape index (κ1) is 16.3. The fraction of sp³-hybridized carbons (Fsp3) is 0.933. The van der Waals surface area contributed by atoms with Crippen LogP contribution in [0.2, 0.25) is 0 Å². The largest absolute Gasteiger partial charge is 0.379 e. The predicted molar refractivity (Wildman–Crippen MR) is 80.6 cm³/mol. The van der Waals surface area contributed by atoms with Crippen LogP contribution in [0.25, 0.3) is 0 Å². The van der Waals surface area contributed by atoms with E-state index in [0.717, 1.165) is 85.2 Å². The molecule has 0 bridgehead atoms. The first-order valence-corrected chi connectivity index (χ1v) is 8.30. The summed E-state index contributed by atoms with van der Waals surface area (Å²) in [5.74, 6) is -0.348. The third kappa shape index (κ3) is 3.20. The molecule has 3 fully saturated rings. The van der Waals surface area contributed by atoms with Crippen molar-refractivity contribution in [1.82, 2.24) is 14.7 Å². The third-order valence-corrected chi connectivity index (χ3v) is 4.91. The fourth-order valence-corrected chi connectivity index (χ4v) is 3.86. The van der Waals surface area contributed by atoms with Gasteiger partial charge in [0.25, 0.3) is 0 Å². The Morgan fingerprint density at radius 3 is 1.27 bits per heavy atom. The van der Waals surface area contributed by atoms with Gasteiger partial charge in [-0.3, -0.25) is 14.7 Å². The van der Waals surface area contributed by atoms with Crippen LogP contribution in [-0.4, -0.2) is 106 Å². The number of carbonyl (C=O) groups is 1. The van der Waals surface area contributed by atoms with E-state index in [9.17, 15) is 4.79 Å². The molecule has 3 heterocycles. The summed E-state index contributed by atoms with van der Waals surface area (Å²) in [5.41, 5.74) is 0. The number of aldehydes is 1. The summed E-state index contributed by atoms with van der Waals surface area (Å²) in [6.07, 6.45) is 1.56. The van der Waals surface area contributed by atoms with Crippen molar-refractivity contribution in [1.29, 1.82) is 0 Å². The van der Waals surface area contributed by atoms with E-state index in [2.05, 4.69) is 14.7 Å². The van der Waals surface area contributed by atoms with Gasteiger partial charge in [0.2, 0.25) is 0 Å². The minimum Gasteiger partial charge on any atom is -0.379 e. The Labute approximate surface area is 132 Å². The minimum absolute atomic E-state index is 0.348. The molecule has 7 nitrogen and oxygen atoms in total. The summed E-state index contributed by atoms with van der Waals surface area (Å²) < 4.78 is 16.6. The highest BCUT2D eigenvalue weighted by atomic mass is 16.5. The second kappa shape index (κ2) is 7.81. The zero-order valence-electron chi connectivity index (χ0n) is 13.2. The van der Waals surface area contributed by atoms with E-state index >= 15 is 0 Å². The van der Waals surface area contributed by atoms with Crippen LogP contribution in [0.15, 0.2) is 0 Å². The molecule has 0 unspecified atom stereocenters. The third-order valence-electron chi connectivity index (χ3n) is 4.91. The van der Waals surface area contributed by atoms with Crippen molar-refractivity contribution >= 4 is 6.29 Å². The fourth-order valence-electron chi connectivity index (χ4n) is 3.86. The van der Waals surface area contributed by atoms with Gasteiger partial charge in [-0.15, -0.1) is 0 Å². The van der Waals surface area contributed by atoms with Crippen molar-refractivity contribution in [2.75, 3.05) is 78.9 Å². The first-order valence-electron chi connectivity index (χ1n) is 8.30. The summed E-state index contributed by atoms with van der Waals surface area (Å²) >= 11 is 0. The highest BCUT2D eigenvalue weighted by Gasteiger charge is 2.48. The van der Waals surface area contributed by atoms with Crippen LogP contribution in [0.4, 0.5) is 0 Å². The maximum absolute atomic E-state index is 11.6. The molecule has 0 aromatic heterocycles. The van der Waals surface area contributed by atoms with Gasteiger partial charge < -0.3 is 19.0 Å². The van der Waals surface area contributed by atoms with Crippen LogP contribution in [0.3, 0.4) is 0 Å². The maximum Gasteiger partial charge on any atom is 0.138 e. The monoisotopic (exact) mass is 313 g/mol. The molecular weight excluding hydrogens is 286 g/mol. The second-order valence-corrected chi connectivity index (χ2v) is 5.94. The van der Waals surface area contributed by atoms with Crippen molar-refractivity contribution in [3.63, 3.8) is 0 Å². The molecule has 0 aliphatic carbocycles. The maximum atomic E-state index is 11.6. The Morgan fingerprint density at radius 2 is 1.00 bits per heavy atom. The van der Waals surface area contributed by atoms with Gasteiger partial charge in [0, 0.05) is 45.7 Å². The average molecular weight is 313 g/mol. The lowest BCUT2D eigenvalue weighted by Gasteiger charge is -2.58. The van der Waals surface area contributed by atoms with E-state index in [4.69, 9.17) is 14.2 Å². The zero-order valence-corrected chi connectivity index (χ0v) is 13.2. The molecule has 0 amide bonds. The summed E-state index contributed by atoms with van der Waals surface area (Å²) in [6, 6.07) is 0.